The van der Waals surface area contributed by atoms with Crippen molar-refractivity contribution < 1.29 is 4.79 Å². The van der Waals surface area contributed by atoms with E-state index in [0.29, 0.717) is 6.54 Å². The van der Waals surface area contributed by atoms with Crippen LogP contribution in [0.2, 0.25) is 0 Å². The van der Waals surface area contributed by atoms with Crippen LogP contribution in [0.4, 0.5) is 0 Å². The molecule has 1 aromatic carbocycles. The molecule has 4 heteroatoms. The number of hydrogen-bond donors (Lipinski definition) is 1. The Morgan fingerprint density at radius 1 is 1.38 bits per heavy atom. The number of carbonyl (C=O) groups is 1. The van der Waals surface area contributed by atoms with Crippen molar-refractivity contribution in [2.75, 3.05) is 0 Å². The normalized spacial score (nSPS) is 13.2. The molecule has 0 bridgehead atoms. The van der Waals surface area contributed by atoms with Crippen LogP contribution in [-0.2, 0) is 13.0 Å². The summed E-state index contributed by atoms with van der Waals surface area (Å²) in [5.41, 5.74) is 7.10. The molecule has 1 aliphatic rings. The van der Waals surface area contributed by atoms with E-state index in [-0.39, 0.29) is 11.1 Å². The van der Waals surface area contributed by atoms with E-state index in [1.54, 1.807) is 10.6 Å². The maximum atomic E-state index is 12.0. The van der Waals surface area contributed by atoms with Gasteiger partial charge in [0, 0.05) is 6.54 Å². The number of rotatable bonds is 1. The van der Waals surface area contributed by atoms with Crippen molar-refractivity contribution in [2.45, 2.75) is 13.0 Å². The summed E-state index contributed by atoms with van der Waals surface area (Å²) in [6.07, 6.45) is 0.842. The molecule has 3 rings (SSSR count). The number of hydrogen-bond acceptors (Lipinski definition) is 2. The SMILES string of the molecule is NC(=O)c1cc2cccc3c2n(c1=O)CC3. The van der Waals surface area contributed by atoms with Crippen LogP contribution in [0.3, 0.4) is 0 Å². The lowest BCUT2D eigenvalue weighted by molar-refractivity contribution is 0.0998. The number of carbonyl (C=O) groups excluding carboxylic acids is 1. The quantitative estimate of drug-likeness (QED) is 0.757. The summed E-state index contributed by atoms with van der Waals surface area (Å²) < 4.78 is 1.64. The summed E-state index contributed by atoms with van der Waals surface area (Å²) in [6.45, 7) is 0.635. The Balaban J connectivity index is 2.52. The minimum Gasteiger partial charge on any atom is -0.365 e. The number of aromatic nitrogens is 1. The van der Waals surface area contributed by atoms with Gasteiger partial charge in [0.15, 0.2) is 0 Å². The monoisotopic (exact) mass is 214 g/mol. The van der Waals surface area contributed by atoms with E-state index in [2.05, 4.69) is 0 Å². The highest BCUT2D eigenvalue weighted by molar-refractivity contribution is 5.97. The first-order valence-electron chi connectivity index (χ1n) is 5.14. The molecule has 0 spiro atoms. The molecule has 0 unspecified atom stereocenters. The van der Waals surface area contributed by atoms with Gasteiger partial charge in [0.05, 0.1) is 5.52 Å². The molecule has 0 saturated heterocycles. The number of pyridine rings is 1. The predicted octanol–water partition coefficient (Wildman–Crippen LogP) is 0.657. The Morgan fingerprint density at radius 2 is 2.19 bits per heavy atom. The van der Waals surface area contributed by atoms with Gasteiger partial charge in [0.2, 0.25) is 0 Å². The second kappa shape index (κ2) is 2.95. The van der Waals surface area contributed by atoms with E-state index in [0.717, 1.165) is 22.9 Å². The third-order valence-corrected chi connectivity index (χ3v) is 3.07. The summed E-state index contributed by atoms with van der Waals surface area (Å²) >= 11 is 0. The first-order valence-corrected chi connectivity index (χ1v) is 5.14. The molecule has 1 aliphatic heterocycles. The lowest BCUT2D eigenvalue weighted by Gasteiger charge is -2.05. The Morgan fingerprint density at radius 3 is 2.94 bits per heavy atom. The highest BCUT2D eigenvalue weighted by Gasteiger charge is 2.19. The van der Waals surface area contributed by atoms with Crippen molar-refractivity contribution in [2.24, 2.45) is 5.73 Å². The van der Waals surface area contributed by atoms with Gasteiger partial charge >= 0.3 is 0 Å². The third-order valence-electron chi connectivity index (χ3n) is 3.07. The average Bonchev–Trinajstić information content (AvgIpc) is 2.68. The first kappa shape index (κ1) is 9.15. The van der Waals surface area contributed by atoms with Crippen molar-refractivity contribution in [3.8, 4) is 0 Å². The molecular weight excluding hydrogens is 204 g/mol. The second-order valence-electron chi connectivity index (χ2n) is 3.98. The van der Waals surface area contributed by atoms with Crippen LogP contribution < -0.4 is 11.3 Å². The molecule has 2 aromatic rings. The fourth-order valence-electron chi connectivity index (χ4n) is 2.34. The molecule has 0 saturated carbocycles. The molecule has 1 aromatic heterocycles. The zero-order valence-electron chi connectivity index (χ0n) is 8.56. The van der Waals surface area contributed by atoms with Crippen molar-refractivity contribution in [1.29, 1.82) is 0 Å². The van der Waals surface area contributed by atoms with Crippen molar-refractivity contribution >= 4 is 16.8 Å². The summed E-state index contributed by atoms with van der Waals surface area (Å²) in [5.74, 6) is -0.659. The standard InChI is InChI=1S/C12H10N2O2/c13-11(15)9-6-8-3-1-2-7-4-5-14(10(7)8)12(9)16/h1-3,6H,4-5H2,(H2,13,15). The van der Waals surface area contributed by atoms with Crippen molar-refractivity contribution in [3.05, 3.63) is 45.7 Å². The van der Waals surface area contributed by atoms with Gasteiger partial charge in [-0.2, -0.15) is 0 Å². The molecular formula is C12H10N2O2. The van der Waals surface area contributed by atoms with Gasteiger partial charge in [-0.3, -0.25) is 9.59 Å². The van der Waals surface area contributed by atoms with Crippen molar-refractivity contribution in [3.63, 3.8) is 0 Å². The number of nitrogens with zero attached hydrogens (tertiary/aromatic N) is 1. The van der Waals surface area contributed by atoms with Crippen molar-refractivity contribution in [1.82, 2.24) is 4.57 Å². The second-order valence-corrected chi connectivity index (χ2v) is 3.98. The van der Waals surface area contributed by atoms with E-state index in [9.17, 15) is 9.59 Å². The fourth-order valence-corrected chi connectivity index (χ4v) is 2.34. The maximum Gasteiger partial charge on any atom is 0.263 e. The molecule has 0 aliphatic carbocycles. The zero-order valence-corrected chi connectivity index (χ0v) is 8.56. The predicted molar refractivity (Wildman–Crippen MR) is 60.4 cm³/mol. The fraction of sp³-hybridized carbons (Fsp3) is 0.167. The average molecular weight is 214 g/mol. The van der Waals surface area contributed by atoms with E-state index in [4.69, 9.17) is 5.73 Å². The number of primary amides is 1. The van der Waals surface area contributed by atoms with E-state index in [1.807, 2.05) is 18.2 Å². The van der Waals surface area contributed by atoms with Crippen LogP contribution >= 0.6 is 0 Å². The molecule has 0 atom stereocenters. The number of nitrogens with two attached hydrogens (primary N) is 1. The Hall–Kier alpha value is -2.10. The molecule has 2 N–H and O–H groups in total. The number of amides is 1. The number of benzene rings is 1. The van der Waals surface area contributed by atoms with Crippen LogP contribution in [0.15, 0.2) is 29.1 Å². The van der Waals surface area contributed by atoms with E-state index < -0.39 is 5.91 Å². The molecule has 0 fully saturated rings. The Labute approximate surface area is 91.3 Å². The molecule has 0 radical (unpaired) electrons. The Bertz CT molecular complexity index is 671. The van der Waals surface area contributed by atoms with Gasteiger partial charge in [0.1, 0.15) is 5.56 Å². The van der Waals surface area contributed by atoms with Gasteiger partial charge in [-0.15, -0.1) is 0 Å². The third kappa shape index (κ3) is 1.04. The van der Waals surface area contributed by atoms with Crippen LogP contribution in [0, 0.1) is 0 Å². The zero-order chi connectivity index (χ0) is 11.3. The topological polar surface area (TPSA) is 65.1 Å². The first-order chi connectivity index (χ1) is 7.68. The largest absolute Gasteiger partial charge is 0.365 e. The minimum absolute atomic E-state index is 0.0755. The minimum atomic E-state index is -0.659. The summed E-state index contributed by atoms with van der Waals surface area (Å²) in [7, 11) is 0. The summed E-state index contributed by atoms with van der Waals surface area (Å²) in [6, 6.07) is 7.43. The van der Waals surface area contributed by atoms with Gasteiger partial charge in [-0.1, -0.05) is 18.2 Å². The molecule has 80 valence electrons. The molecule has 4 nitrogen and oxygen atoms in total. The highest BCUT2D eigenvalue weighted by Crippen LogP contribution is 2.24. The van der Waals surface area contributed by atoms with Crippen LogP contribution in [0.5, 0.6) is 0 Å². The van der Waals surface area contributed by atoms with Crippen LogP contribution in [-0.4, -0.2) is 10.5 Å². The molecule has 1 amide bonds. The van der Waals surface area contributed by atoms with Gasteiger partial charge in [0.25, 0.3) is 11.5 Å². The van der Waals surface area contributed by atoms with Gasteiger partial charge in [-0.05, 0) is 23.4 Å². The molecule has 2 heterocycles. The summed E-state index contributed by atoms with van der Waals surface area (Å²) in [5, 5.41) is 0.906. The summed E-state index contributed by atoms with van der Waals surface area (Å²) in [4.78, 5) is 23.1. The van der Waals surface area contributed by atoms with Crippen LogP contribution in [0.1, 0.15) is 15.9 Å². The highest BCUT2D eigenvalue weighted by atomic mass is 16.2. The smallest absolute Gasteiger partial charge is 0.263 e. The maximum absolute atomic E-state index is 12.0. The number of aryl methyl sites for hydroxylation is 2. The lowest BCUT2D eigenvalue weighted by Crippen LogP contribution is -2.28. The van der Waals surface area contributed by atoms with Gasteiger partial charge in [-0.25, -0.2) is 0 Å². The van der Waals surface area contributed by atoms with Crippen LogP contribution in [0.25, 0.3) is 10.9 Å². The lowest BCUT2D eigenvalue weighted by atomic mass is 10.1. The van der Waals surface area contributed by atoms with Gasteiger partial charge < -0.3 is 10.3 Å². The van der Waals surface area contributed by atoms with E-state index >= 15 is 0 Å². The molecule has 16 heavy (non-hydrogen) atoms. The van der Waals surface area contributed by atoms with E-state index in [1.165, 1.54) is 0 Å². The Kier molecular flexibility index (Phi) is 1.68. The number of para-hydroxylation sites is 1.